The predicted octanol–water partition coefficient (Wildman–Crippen LogP) is 6.67. The highest BCUT2D eigenvalue weighted by Gasteiger charge is 2.71. The van der Waals surface area contributed by atoms with E-state index in [1.165, 1.54) is 7.11 Å². The van der Waals surface area contributed by atoms with Crippen molar-refractivity contribution in [2.45, 2.75) is 18.0 Å². The van der Waals surface area contributed by atoms with Gasteiger partial charge in [0.15, 0.2) is 28.8 Å². The zero-order valence-corrected chi connectivity index (χ0v) is 23.7. The van der Waals surface area contributed by atoms with Crippen LogP contribution in [0.25, 0.3) is 6.08 Å². The van der Waals surface area contributed by atoms with Crippen LogP contribution in [0, 0.1) is 5.41 Å². The first-order valence-corrected chi connectivity index (χ1v) is 14.1. The second-order valence-electron chi connectivity index (χ2n) is 10.7. The van der Waals surface area contributed by atoms with Gasteiger partial charge in [-0.3, -0.25) is 14.4 Å². The van der Waals surface area contributed by atoms with E-state index < -0.39 is 23.4 Å². The van der Waals surface area contributed by atoms with Crippen LogP contribution in [0.2, 0.25) is 5.02 Å². The zero-order valence-electron chi connectivity index (χ0n) is 22.9. The van der Waals surface area contributed by atoms with Crippen molar-refractivity contribution < 1.29 is 23.9 Å². The second-order valence-corrected chi connectivity index (χ2v) is 11.1. The molecule has 0 N–H and O–H groups in total. The summed E-state index contributed by atoms with van der Waals surface area (Å²) in [6.45, 7) is 0. The summed E-state index contributed by atoms with van der Waals surface area (Å²) in [6, 6.07) is 25.2. The van der Waals surface area contributed by atoms with Crippen molar-refractivity contribution in [1.82, 2.24) is 0 Å². The lowest BCUT2D eigenvalue weighted by Gasteiger charge is -2.37. The summed E-state index contributed by atoms with van der Waals surface area (Å²) in [5.41, 5.74) is 1.73. The SMILES string of the molecule is COc1ccc([C@@H]2[C@H](C(=O)c3ccccc3Cl)N3c4ccccc4C=C[C@@H]3C23C(=O)c2ccccc2C3=O)cc1OC. The molecule has 7 rings (SSSR count). The first kappa shape index (κ1) is 26.2. The van der Waals surface area contributed by atoms with Crippen LogP contribution in [-0.2, 0) is 0 Å². The molecule has 4 aromatic rings. The molecular formula is C35H26ClNO5. The van der Waals surface area contributed by atoms with Gasteiger partial charge in [0.2, 0.25) is 0 Å². The van der Waals surface area contributed by atoms with Crippen molar-refractivity contribution in [1.29, 1.82) is 0 Å². The van der Waals surface area contributed by atoms with Gasteiger partial charge in [-0.2, -0.15) is 0 Å². The number of Topliss-reactive ketones (excluding diaryl/α,β-unsaturated/α-hetero) is 3. The molecule has 42 heavy (non-hydrogen) atoms. The van der Waals surface area contributed by atoms with Crippen LogP contribution in [0.15, 0.2) is 97.1 Å². The Hall–Kier alpha value is -4.68. The summed E-state index contributed by atoms with van der Waals surface area (Å²) in [5, 5.41) is 0.305. The molecule has 208 valence electrons. The molecule has 0 bridgehead atoms. The summed E-state index contributed by atoms with van der Waals surface area (Å²) >= 11 is 6.61. The third-order valence-electron chi connectivity index (χ3n) is 8.89. The Kier molecular flexibility index (Phi) is 6.06. The van der Waals surface area contributed by atoms with Gasteiger partial charge in [-0.1, -0.05) is 84.4 Å². The van der Waals surface area contributed by atoms with Gasteiger partial charge < -0.3 is 14.4 Å². The number of fused-ring (bicyclic) bond motifs is 5. The Morgan fingerprint density at radius 3 is 2.14 bits per heavy atom. The highest BCUT2D eigenvalue weighted by molar-refractivity contribution is 6.35. The maximum Gasteiger partial charge on any atom is 0.187 e. The quantitative estimate of drug-likeness (QED) is 0.195. The van der Waals surface area contributed by atoms with E-state index in [9.17, 15) is 14.4 Å². The van der Waals surface area contributed by atoms with Crippen LogP contribution in [0.1, 0.15) is 48.1 Å². The summed E-state index contributed by atoms with van der Waals surface area (Å²) < 4.78 is 11.1. The fraction of sp³-hybridized carbons (Fsp3) is 0.171. The van der Waals surface area contributed by atoms with E-state index in [0.29, 0.717) is 38.8 Å². The third-order valence-corrected chi connectivity index (χ3v) is 9.22. The molecule has 4 aromatic carbocycles. The number of hydrogen-bond donors (Lipinski definition) is 0. The fourth-order valence-corrected chi connectivity index (χ4v) is 7.39. The molecule has 0 amide bonds. The molecule has 3 atom stereocenters. The number of rotatable bonds is 5. The van der Waals surface area contributed by atoms with Crippen molar-refractivity contribution >= 4 is 40.7 Å². The van der Waals surface area contributed by atoms with E-state index in [4.69, 9.17) is 21.1 Å². The minimum absolute atomic E-state index is 0.274. The monoisotopic (exact) mass is 575 g/mol. The molecule has 3 aliphatic rings. The summed E-state index contributed by atoms with van der Waals surface area (Å²) in [7, 11) is 3.07. The molecule has 0 aromatic heterocycles. The van der Waals surface area contributed by atoms with E-state index in [1.807, 2.05) is 47.4 Å². The highest BCUT2D eigenvalue weighted by Crippen LogP contribution is 2.61. The van der Waals surface area contributed by atoms with Crippen LogP contribution in [-0.4, -0.2) is 43.7 Å². The van der Waals surface area contributed by atoms with Gasteiger partial charge in [-0.25, -0.2) is 0 Å². The molecule has 7 heteroatoms. The van der Waals surface area contributed by atoms with E-state index >= 15 is 0 Å². The van der Waals surface area contributed by atoms with Gasteiger partial charge in [0.1, 0.15) is 11.5 Å². The van der Waals surface area contributed by atoms with E-state index in [0.717, 1.165) is 11.3 Å². The van der Waals surface area contributed by atoms with Gasteiger partial charge in [0.05, 0.1) is 25.3 Å². The van der Waals surface area contributed by atoms with E-state index in [1.54, 1.807) is 67.8 Å². The van der Waals surface area contributed by atoms with Gasteiger partial charge in [-0.15, -0.1) is 0 Å². The Labute approximate surface area is 248 Å². The molecule has 2 heterocycles. The average molecular weight is 576 g/mol. The molecule has 1 fully saturated rings. The fourth-order valence-electron chi connectivity index (χ4n) is 7.16. The molecule has 0 radical (unpaired) electrons. The van der Waals surface area contributed by atoms with Crippen molar-refractivity contribution in [2.24, 2.45) is 5.41 Å². The van der Waals surface area contributed by atoms with Gasteiger partial charge >= 0.3 is 0 Å². The summed E-state index contributed by atoms with van der Waals surface area (Å²) in [5.74, 6) is -0.811. The van der Waals surface area contributed by atoms with Crippen molar-refractivity contribution in [3.63, 3.8) is 0 Å². The zero-order chi connectivity index (χ0) is 29.2. The number of ketones is 3. The first-order valence-electron chi connectivity index (χ1n) is 13.7. The lowest BCUT2D eigenvalue weighted by Crippen LogP contribution is -2.48. The number of benzene rings is 4. The van der Waals surface area contributed by atoms with Crippen LogP contribution >= 0.6 is 11.6 Å². The average Bonchev–Trinajstić information content (AvgIpc) is 3.46. The number of para-hydroxylation sites is 1. The number of halogens is 1. The molecule has 1 spiro atoms. The second kappa shape index (κ2) is 9.71. The smallest absolute Gasteiger partial charge is 0.187 e. The van der Waals surface area contributed by atoms with Crippen molar-refractivity contribution in [3.05, 3.63) is 130 Å². The Balaban J connectivity index is 1.57. The highest BCUT2D eigenvalue weighted by atomic mass is 35.5. The predicted molar refractivity (Wildman–Crippen MR) is 161 cm³/mol. The first-order chi connectivity index (χ1) is 20.4. The summed E-state index contributed by atoms with van der Waals surface area (Å²) in [4.78, 5) is 46.3. The minimum atomic E-state index is -1.62. The number of carbonyl (C=O) groups is 3. The maximum absolute atomic E-state index is 14.8. The molecule has 2 aliphatic heterocycles. The Morgan fingerprint density at radius 2 is 1.45 bits per heavy atom. The number of ether oxygens (including phenoxy) is 2. The maximum atomic E-state index is 14.8. The number of nitrogens with zero attached hydrogens (tertiary/aromatic N) is 1. The van der Waals surface area contributed by atoms with Gasteiger partial charge in [-0.05, 0) is 41.5 Å². The Morgan fingerprint density at radius 1 is 0.810 bits per heavy atom. The number of hydrogen-bond acceptors (Lipinski definition) is 6. The van der Waals surface area contributed by atoms with Crippen LogP contribution in [0.3, 0.4) is 0 Å². The molecule has 0 unspecified atom stereocenters. The molecule has 1 aliphatic carbocycles. The topological polar surface area (TPSA) is 72.9 Å². The van der Waals surface area contributed by atoms with Gasteiger partial charge in [0, 0.05) is 28.3 Å². The minimum Gasteiger partial charge on any atom is -0.493 e. The van der Waals surface area contributed by atoms with E-state index in [-0.39, 0.29) is 17.3 Å². The standard InChI is InChI=1S/C35H26ClNO5/c1-41-27-17-15-21(19-28(27)42-2)30-31(32(38)24-12-6-7-13-25(24)36)37-26-14-8-3-9-20(26)16-18-29(37)35(30)33(39)22-10-4-5-11-23(22)34(35)40/h3-19,29-31H,1-2H3/t29-,30-,31-/m1/s1. The number of methoxy groups -OCH3 is 2. The lowest BCUT2D eigenvalue weighted by molar-refractivity contribution is 0.0665. The number of carbonyl (C=O) groups excluding carboxylic acids is 3. The van der Waals surface area contributed by atoms with Gasteiger partial charge in [0.25, 0.3) is 0 Å². The molecule has 6 nitrogen and oxygen atoms in total. The lowest BCUT2D eigenvalue weighted by atomic mass is 9.64. The number of anilines is 1. The van der Waals surface area contributed by atoms with Crippen LogP contribution < -0.4 is 14.4 Å². The third kappa shape index (κ3) is 3.42. The normalized spacial score (nSPS) is 21.2. The van der Waals surface area contributed by atoms with Crippen molar-refractivity contribution in [3.8, 4) is 11.5 Å². The van der Waals surface area contributed by atoms with Crippen LogP contribution in [0.4, 0.5) is 5.69 Å². The largest absolute Gasteiger partial charge is 0.493 e. The Bertz CT molecular complexity index is 1790. The summed E-state index contributed by atoms with van der Waals surface area (Å²) in [6.07, 6.45) is 3.84. The van der Waals surface area contributed by atoms with Crippen molar-refractivity contribution in [2.75, 3.05) is 19.1 Å². The van der Waals surface area contributed by atoms with Crippen LogP contribution in [0.5, 0.6) is 11.5 Å². The molecular weight excluding hydrogens is 550 g/mol. The molecule has 0 saturated carbocycles. The van der Waals surface area contributed by atoms with E-state index in [2.05, 4.69) is 0 Å². The molecule has 1 saturated heterocycles.